The Morgan fingerprint density at radius 1 is 1.16 bits per heavy atom. The summed E-state index contributed by atoms with van der Waals surface area (Å²) in [5.74, 6) is 1.21. The number of para-hydroxylation sites is 1. The summed E-state index contributed by atoms with van der Waals surface area (Å²) >= 11 is 1.58. The fourth-order valence-corrected chi connectivity index (χ4v) is 4.92. The fraction of sp³-hybridized carbons (Fsp3) is 0.391. The Balaban J connectivity index is 1.08. The quantitative estimate of drug-likeness (QED) is 0.619. The number of anilines is 1. The van der Waals surface area contributed by atoms with Gasteiger partial charge in [0.2, 0.25) is 23.5 Å². The van der Waals surface area contributed by atoms with Gasteiger partial charge in [0, 0.05) is 44.2 Å². The molecule has 2 aliphatic heterocycles. The molecule has 2 aliphatic rings. The van der Waals surface area contributed by atoms with Crippen LogP contribution in [0.1, 0.15) is 24.3 Å². The Labute approximate surface area is 190 Å². The first-order chi connectivity index (χ1) is 15.7. The average molecular weight is 452 g/mol. The molecule has 9 heteroatoms. The van der Waals surface area contributed by atoms with E-state index in [0.717, 1.165) is 29.2 Å². The number of thiophene rings is 1. The van der Waals surface area contributed by atoms with E-state index in [1.807, 2.05) is 46.7 Å². The molecule has 166 valence electrons. The maximum atomic E-state index is 12.7. The molecule has 8 nitrogen and oxygen atoms in total. The van der Waals surface area contributed by atoms with Gasteiger partial charge in [0.25, 0.3) is 0 Å². The van der Waals surface area contributed by atoms with Gasteiger partial charge in [-0.1, -0.05) is 29.4 Å². The van der Waals surface area contributed by atoms with E-state index in [1.165, 1.54) is 0 Å². The van der Waals surface area contributed by atoms with E-state index in [-0.39, 0.29) is 17.7 Å². The van der Waals surface area contributed by atoms with Crippen LogP contribution in [0.5, 0.6) is 0 Å². The number of rotatable bonds is 6. The molecule has 1 aromatic carbocycles. The van der Waals surface area contributed by atoms with E-state index < -0.39 is 0 Å². The van der Waals surface area contributed by atoms with Crippen LogP contribution in [-0.2, 0) is 22.6 Å². The van der Waals surface area contributed by atoms with Crippen LogP contribution < -0.4 is 5.32 Å². The fourth-order valence-electron chi connectivity index (χ4n) is 4.27. The van der Waals surface area contributed by atoms with Crippen LogP contribution in [0.2, 0.25) is 0 Å². The molecular formula is C23H25N5O3S. The molecule has 0 spiro atoms. The number of hydrogen-bond acceptors (Lipinski definition) is 7. The van der Waals surface area contributed by atoms with Crippen LogP contribution in [0.15, 0.2) is 46.3 Å². The van der Waals surface area contributed by atoms with Gasteiger partial charge in [-0.25, -0.2) is 0 Å². The molecule has 0 radical (unpaired) electrons. The number of benzene rings is 1. The molecular weight excluding hydrogens is 426 g/mol. The predicted molar refractivity (Wildman–Crippen MR) is 121 cm³/mol. The second-order valence-electron chi connectivity index (χ2n) is 8.23. The van der Waals surface area contributed by atoms with Crippen molar-refractivity contribution in [2.45, 2.75) is 25.8 Å². The Hall–Kier alpha value is -3.04. The van der Waals surface area contributed by atoms with Crippen LogP contribution in [0.4, 0.5) is 5.69 Å². The molecule has 0 saturated carbocycles. The van der Waals surface area contributed by atoms with Crippen molar-refractivity contribution in [1.29, 1.82) is 0 Å². The van der Waals surface area contributed by atoms with Gasteiger partial charge in [-0.05, 0) is 35.9 Å². The summed E-state index contributed by atoms with van der Waals surface area (Å²) < 4.78 is 5.39. The highest BCUT2D eigenvalue weighted by Crippen LogP contribution is 2.28. The Kier molecular flexibility index (Phi) is 6.00. The lowest BCUT2D eigenvalue weighted by Crippen LogP contribution is -2.48. The van der Waals surface area contributed by atoms with Crippen molar-refractivity contribution in [2.24, 2.45) is 5.92 Å². The van der Waals surface area contributed by atoms with Gasteiger partial charge in [0.15, 0.2) is 0 Å². The number of carbonyl (C=O) groups excluding carboxylic acids is 2. The third-order valence-corrected chi connectivity index (χ3v) is 6.98. The van der Waals surface area contributed by atoms with Gasteiger partial charge >= 0.3 is 0 Å². The standard InChI is InChI=1S/C23H25N5O3S/c29-21(8-7-17-14-16-4-1-2-5-18(16)24-23(17)30)28-11-9-27(10-12-28)15-20-25-22(26-31-20)19-6-3-13-32-19/h1-6,13,17H,7-12,14-15H2,(H,24,30). The molecule has 1 atom stereocenters. The number of carbonyl (C=O) groups is 2. The number of nitrogens with one attached hydrogen (secondary N) is 1. The smallest absolute Gasteiger partial charge is 0.241 e. The largest absolute Gasteiger partial charge is 0.340 e. The van der Waals surface area contributed by atoms with Gasteiger partial charge in [-0.2, -0.15) is 4.98 Å². The van der Waals surface area contributed by atoms with Gasteiger partial charge in [-0.3, -0.25) is 14.5 Å². The van der Waals surface area contributed by atoms with Crippen LogP contribution >= 0.6 is 11.3 Å². The number of aromatic nitrogens is 2. The normalized spacial score (nSPS) is 18.9. The maximum absolute atomic E-state index is 12.7. The zero-order valence-corrected chi connectivity index (χ0v) is 18.5. The first-order valence-corrected chi connectivity index (χ1v) is 11.8. The van der Waals surface area contributed by atoms with E-state index in [2.05, 4.69) is 20.4 Å². The maximum Gasteiger partial charge on any atom is 0.241 e. The summed E-state index contributed by atoms with van der Waals surface area (Å²) in [6, 6.07) is 11.8. The van der Waals surface area contributed by atoms with Crippen LogP contribution in [-0.4, -0.2) is 57.9 Å². The van der Waals surface area contributed by atoms with Crippen LogP contribution in [0.25, 0.3) is 10.7 Å². The summed E-state index contributed by atoms with van der Waals surface area (Å²) in [5.41, 5.74) is 2.03. The van der Waals surface area contributed by atoms with Crippen LogP contribution in [0.3, 0.4) is 0 Å². The number of fused-ring (bicyclic) bond motifs is 1. The Bertz CT molecular complexity index is 1090. The van der Waals surface area contributed by atoms with Gasteiger partial charge in [0.05, 0.1) is 11.4 Å². The average Bonchev–Trinajstić information content (AvgIpc) is 3.50. The number of amides is 2. The zero-order chi connectivity index (χ0) is 21.9. The van der Waals surface area contributed by atoms with E-state index in [9.17, 15) is 9.59 Å². The minimum Gasteiger partial charge on any atom is -0.340 e. The number of hydrogen-bond donors (Lipinski definition) is 1. The lowest BCUT2D eigenvalue weighted by Gasteiger charge is -2.34. The molecule has 1 saturated heterocycles. The third-order valence-electron chi connectivity index (χ3n) is 6.11. The third kappa shape index (κ3) is 4.58. The van der Waals surface area contributed by atoms with E-state index in [1.54, 1.807) is 11.3 Å². The first kappa shape index (κ1) is 20.8. The van der Waals surface area contributed by atoms with Crippen molar-refractivity contribution in [2.75, 3.05) is 31.5 Å². The lowest BCUT2D eigenvalue weighted by molar-refractivity contribution is -0.133. The molecule has 1 N–H and O–H groups in total. The second kappa shape index (κ2) is 9.22. The molecule has 32 heavy (non-hydrogen) atoms. The molecule has 2 aromatic heterocycles. The second-order valence-corrected chi connectivity index (χ2v) is 9.18. The summed E-state index contributed by atoms with van der Waals surface area (Å²) in [6.45, 7) is 3.45. The summed E-state index contributed by atoms with van der Waals surface area (Å²) in [7, 11) is 0. The summed E-state index contributed by atoms with van der Waals surface area (Å²) in [6.07, 6.45) is 1.67. The van der Waals surface area contributed by atoms with Gasteiger partial charge in [0.1, 0.15) is 0 Å². The van der Waals surface area contributed by atoms with Crippen molar-refractivity contribution in [3.63, 3.8) is 0 Å². The topological polar surface area (TPSA) is 91.6 Å². The Morgan fingerprint density at radius 2 is 2.00 bits per heavy atom. The van der Waals surface area contributed by atoms with Gasteiger partial charge < -0.3 is 14.7 Å². The molecule has 3 aromatic rings. The Morgan fingerprint density at radius 3 is 2.81 bits per heavy atom. The van der Waals surface area contributed by atoms with Gasteiger partial charge in [-0.15, -0.1) is 11.3 Å². The summed E-state index contributed by atoms with van der Waals surface area (Å²) in [4.78, 5) is 34.7. The molecule has 5 rings (SSSR count). The van der Waals surface area contributed by atoms with Crippen molar-refractivity contribution < 1.29 is 14.1 Å². The molecule has 1 unspecified atom stereocenters. The molecule has 2 amide bonds. The summed E-state index contributed by atoms with van der Waals surface area (Å²) in [5, 5.41) is 9.01. The highest BCUT2D eigenvalue weighted by atomic mass is 32.1. The molecule has 0 aliphatic carbocycles. The van der Waals surface area contributed by atoms with Crippen molar-refractivity contribution in [3.8, 4) is 10.7 Å². The zero-order valence-electron chi connectivity index (χ0n) is 17.7. The van der Waals surface area contributed by atoms with Crippen LogP contribution in [0, 0.1) is 5.92 Å². The number of nitrogens with zero attached hydrogens (tertiary/aromatic N) is 4. The monoisotopic (exact) mass is 451 g/mol. The minimum atomic E-state index is -0.148. The highest BCUT2D eigenvalue weighted by molar-refractivity contribution is 7.13. The van der Waals surface area contributed by atoms with E-state index >= 15 is 0 Å². The van der Waals surface area contributed by atoms with Crippen molar-refractivity contribution in [1.82, 2.24) is 19.9 Å². The number of piperazine rings is 1. The first-order valence-electron chi connectivity index (χ1n) is 10.9. The lowest BCUT2D eigenvalue weighted by atomic mass is 9.89. The molecule has 0 bridgehead atoms. The van der Waals surface area contributed by atoms with E-state index in [4.69, 9.17) is 4.52 Å². The highest BCUT2D eigenvalue weighted by Gasteiger charge is 2.28. The molecule has 1 fully saturated rings. The van der Waals surface area contributed by atoms with Crippen molar-refractivity contribution >= 4 is 28.8 Å². The molecule has 4 heterocycles. The van der Waals surface area contributed by atoms with Crippen molar-refractivity contribution in [3.05, 3.63) is 53.2 Å². The predicted octanol–water partition coefficient (Wildman–Crippen LogP) is 3.03. The minimum absolute atomic E-state index is 0.0165. The SMILES string of the molecule is O=C1Nc2ccccc2CC1CCC(=O)N1CCN(Cc2nc(-c3cccs3)no2)CC1. The van der Waals surface area contributed by atoms with E-state index in [0.29, 0.717) is 50.6 Å².